The minimum atomic E-state index is -0.552. The Morgan fingerprint density at radius 3 is 2.40 bits per heavy atom. The molecule has 0 aliphatic carbocycles. The standard InChI is InChI=1S/C15H13N3O2/c1-2-11-3-6-13(7-4-11)17-14-8-5-12(10-16)15(9-14)18(19)20/h3-9,17H,2H2,1H3. The lowest BCUT2D eigenvalue weighted by atomic mass is 10.1. The van der Waals surface area contributed by atoms with Crippen molar-refractivity contribution in [3.05, 3.63) is 63.7 Å². The molecule has 0 aromatic heterocycles. The van der Waals surface area contributed by atoms with E-state index in [0.29, 0.717) is 5.69 Å². The van der Waals surface area contributed by atoms with Crippen molar-refractivity contribution in [2.75, 3.05) is 5.32 Å². The number of benzene rings is 2. The van der Waals surface area contributed by atoms with Crippen LogP contribution in [0.1, 0.15) is 18.1 Å². The summed E-state index contributed by atoms with van der Waals surface area (Å²) < 4.78 is 0. The number of hydrogen-bond acceptors (Lipinski definition) is 4. The van der Waals surface area contributed by atoms with Crippen LogP contribution in [-0.4, -0.2) is 4.92 Å². The Labute approximate surface area is 116 Å². The molecule has 100 valence electrons. The highest BCUT2D eigenvalue weighted by molar-refractivity contribution is 5.65. The Hall–Kier alpha value is -2.87. The van der Waals surface area contributed by atoms with E-state index in [-0.39, 0.29) is 11.3 Å². The second kappa shape index (κ2) is 5.85. The van der Waals surface area contributed by atoms with Crippen molar-refractivity contribution >= 4 is 17.1 Å². The van der Waals surface area contributed by atoms with Crippen LogP contribution in [0.5, 0.6) is 0 Å². The van der Waals surface area contributed by atoms with E-state index in [4.69, 9.17) is 5.26 Å². The summed E-state index contributed by atoms with van der Waals surface area (Å²) in [6.45, 7) is 2.08. The van der Waals surface area contributed by atoms with Crippen LogP contribution < -0.4 is 5.32 Å². The van der Waals surface area contributed by atoms with Gasteiger partial charge in [0.25, 0.3) is 5.69 Å². The molecule has 0 spiro atoms. The van der Waals surface area contributed by atoms with Crippen molar-refractivity contribution in [1.29, 1.82) is 5.26 Å². The molecular formula is C15H13N3O2. The van der Waals surface area contributed by atoms with Gasteiger partial charge in [0.15, 0.2) is 0 Å². The first-order valence-electron chi connectivity index (χ1n) is 6.18. The van der Waals surface area contributed by atoms with Crippen LogP contribution in [0.15, 0.2) is 42.5 Å². The largest absolute Gasteiger partial charge is 0.355 e. The molecule has 20 heavy (non-hydrogen) atoms. The second-order valence-electron chi connectivity index (χ2n) is 4.28. The molecule has 0 aliphatic rings. The lowest BCUT2D eigenvalue weighted by Gasteiger charge is -2.07. The number of hydrogen-bond donors (Lipinski definition) is 1. The van der Waals surface area contributed by atoms with Gasteiger partial charge in [-0.2, -0.15) is 5.26 Å². The van der Waals surface area contributed by atoms with Crippen molar-refractivity contribution in [3.63, 3.8) is 0 Å². The SMILES string of the molecule is CCc1ccc(Nc2ccc(C#N)c([N+](=O)[O-])c2)cc1. The number of nitro groups is 1. The summed E-state index contributed by atoms with van der Waals surface area (Å²) in [5.74, 6) is 0. The van der Waals surface area contributed by atoms with E-state index in [2.05, 4.69) is 12.2 Å². The molecule has 0 saturated heterocycles. The van der Waals surface area contributed by atoms with Gasteiger partial charge in [0.2, 0.25) is 0 Å². The maximum Gasteiger partial charge on any atom is 0.289 e. The van der Waals surface area contributed by atoms with Gasteiger partial charge in [-0.15, -0.1) is 0 Å². The molecule has 1 N–H and O–H groups in total. The van der Waals surface area contributed by atoms with Gasteiger partial charge in [-0.3, -0.25) is 10.1 Å². The average molecular weight is 267 g/mol. The fourth-order valence-electron chi connectivity index (χ4n) is 1.85. The number of nitrogens with one attached hydrogen (secondary N) is 1. The highest BCUT2D eigenvalue weighted by Gasteiger charge is 2.14. The van der Waals surface area contributed by atoms with Crippen LogP contribution in [0.3, 0.4) is 0 Å². The fraction of sp³-hybridized carbons (Fsp3) is 0.133. The molecule has 0 heterocycles. The van der Waals surface area contributed by atoms with Gasteiger partial charge in [-0.1, -0.05) is 19.1 Å². The number of rotatable bonds is 4. The van der Waals surface area contributed by atoms with E-state index in [1.165, 1.54) is 17.7 Å². The molecule has 0 aliphatic heterocycles. The fourth-order valence-corrected chi connectivity index (χ4v) is 1.85. The van der Waals surface area contributed by atoms with Crippen LogP contribution in [0.2, 0.25) is 0 Å². The zero-order valence-corrected chi connectivity index (χ0v) is 11.0. The molecule has 0 saturated carbocycles. The van der Waals surface area contributed by atoms with Gasteiger partial charge in [0.1, 0.15) is 11.6 Å². The minimum absolute atomic E-state index is 0.0573. The Balaban J connectivity index is 2.27. The van der Waals surface area contributed by atoms with Gasteiger partial charge in [0, 0.05) is 17.4 Å². The summed E-state index contributed by atoms with van der Waals surface area (Å²) in [4.78, 5) is 10.3. The second-order valence-corrected chi connectivity index (χ2v) is 4.28. The molecule has 0 fully saturated rings. The number of nitriles is 1. The molecule has 0 unspecified atom stereocenters. The monoisotopic (exact) mass is 267 g/mol. The van der Waals surface area contributed by atoms with Crippen molar-refractivity contribution in [2.24, 2.45) is 0 Å². The topological polar surface area (TPSA) is 79.0 Å². The molecular weight excluding hydrogens is 254 g/mol. The third-order valence-corrected chi connectivity index (χ3v) is 2.97. The predicted molar refractivity (Wildman–Crippen MR) is 76.9 cm³/mol. The molecule has 0 radical (unpaired) electrons. The minimum Gasteiger partial charge on any atom is -0.355 e. The molecule has 2 rings (SSSR count). The maximum absolute atomic E-state index is 10.9. The Morgan fingerprint density at radius 1 is 1.20 bits per heavy atom. The number of nitro benzene ring substituents is 1. The van der Waals surface area contributed by atoms with Crippen LogP contribution in [0, 0.1) is 21.4 Å². The summed E-state index contributed by atoms with van der Waals surface area (Å²) in [7, 11) is 0. The smallest absolute Gasteiger partial charge is 0.289 e. The molecule has 5 heteroatoms. The Kier molecular flexibility index (Phi) is 3.96. The van der Waals surface area contributed by atoms with Crippen molar-refractivity contribution in [1.82, 2.24) is 0 Å². The van der Waals surface area contributed by atoms with Crippen LogP contribution in [0.4, 0.5) is 17.1 Å². The van der Waals surface area contributed by atoms with E-state index in [0.717, 1.165) is 12.1 Å². The molecule has 2 aromatic carbocycles. The van der Waals surface area contributed by atoms with Gasteiger partial charge >= 0.3 is 0 Å². The zero-order chi connectivity index (χ0) is 14.5. The summed E-state index contributed by atoms with van der Waals surface area (Å²) in [6.07, 6.45) is 0.961. The Bertz CT molecular complexity index is 673. The van der Waals surface area contributed by atoms with Gasteiger partial charge in [-0.05, 0) is 36.2 Å². The lowest BCUT2D eigenvalue weighted by Crippen LogP contribution is -1.96. The predicted octanol–water partition coefficient (Wildman–Crippen LogP) is 3.77. The highest BCUT2D eigenvalue weighted by atomic mass is 16.6. The first kappa shape index (κ1) is 13.6. The highest BCUT2D eigenvalue weighted by Crippen LogP contribution is 2.25. The van der Waals surface area contributed by atoms with Gasteiger partial charge in [0.05, 0.1) is 4.92 Å². The third-order valence-electron chi connectivity index (χ3n) is 2.97. The van der Waals surface area contributed by atoms with Crippen LogP contribution in [-0.2, 0) is 6.42 Å². The first-order chi connectivity index (χ1) is 9.63. The van der Waals surface area contributed by atoms with E-state index >= 15 is 0 Å². The maximum atomic E-state index is 10.9. The van der Waals surface area contributed by atoms with Gasteiger partial charge < -0.3 is 5.32 Å². The van der Waals surface area contributed by atoms with Crippen molar-refractivity contribution in [3.8, 4) is 6.07 Å². The lowest BCUT2D eigenvalue weighted by molar-refractivity contribution is -0.385. The number of nitrogens with zero attached hydrogens (tertiary/aromatic N) is 2. The molecule has 0 atom stereocenters. The summed E-state index contributed by atoms with van der Waals surface area (Å²) in [5.41, 5.74) is 2.52. The van der Waals surface area contributed by atoms with E-state index in [1.807, 2.05) is 30.3 Å². The molecule has 5 nitrogen and oxygen atoms in total. The number of anilines is 2. The van der Waals surface area contributed by atoms with E-state index in [9.17, 15) is 10.1 Å². The van der Waals surface area contributed by atoms with E-state index in [1.54, 1.807) is 6.07 Å². The summed E-state index contributed by atoms with van der Waals surface area (Å²) in [6, 6.07) is 14.1. The quantitative estimate of drug-likeness (QED) is 0.675. The number of aryl methyl sites for hydroxylation is 1. The average Bonchev–Trinajstić information content (AvgIpc) is 2.48. The summed E-state index contributed by atoms with van der Waals surface area (Å²) in [5, 5.41) is 22.8. The normalized spacial score (nSPS) is 9.80. The van der Waals surface area contributed by atoms with E-state index < -0.39 is 4.92 Å². The van der Waals surface area contributed by atoms with Crippen LogP contribution in [0.25, 0.3) is 0 Å². The van der Waals surface area contributed by atoms with Gasteiger partial charge in [-0.25, -0.2) is 0 Å². The third kappa shape index (κ3) is 2.93. The first-order valence-corrected chi connectivity index (χ1v) is 6.18. The molecule has 0 bridgehead atoms. The Morgan fingerprint density at radius 2 is 1.85 bits per heavy atom. The molecule has 2 aromatic rings. The molecule has 0 amide bonds. The zero-order valence-electron chi connectivity index (χ0n) is 11.0. The van der Waals surface area contributed by atoms with Crippen LogP contribution >= 0.6 is 0 Å². The van der Waals surface area contributed by atoms with Crippen molar-refractivity contribution in [2.45, 2.75) is 13.3 Å². The van der Waals surface area contributed by atoms with Crippen molar-refractivity contribution < 1.29 is 4.92 Å². The summed E-state index contributed by atoms with van der Waals surface area (Å²) >= 11 is 0.